The van der Waals surface area contributed by atoms with Crippen molar-refractivity contribution in [2.24, 2.45) is 0 Å². The molecule has 1 N–H and O–H groups in total. The molecule has 17 heavy (non-hydrogen) atoms. The van der Waals surface area contributed by atoms with Crippen LogP contribution in [0.5, 0.6) is 5.75 Å². The lowest BCUT2D eigenvalue weighted by molar-refractivity contribution is 0.170. The molecule has 0 aliphatic rings. The molecule has 1 aromatic carbocycles. The number of benzene rings is 1. The fourth-order valence-electron chi connectivity index (χ4n) is 1.25. The quantitative estimate of drug-likeness (QED) is 0.902. The first-order valence-corrected chi connectivity index (χ1v) is 5.67. The SMILES string of the molecule is COC(=O)NCc1ccc(OC(C)C)c(Cl)c1. The van der Waals surface area contributed by atoms with Gasteiger partial charge in [-0.1, -0.05) is 17.7 Å². The molecule has 1 amide bonds. The van der Waals surface area contributed by atoms with Crippen LogP contribution in [0.3, 0.4) is 0 Å². The summed E-state index contributed by atoms with van der Waals surface area (Å²) in [6, 6.07) is 5.39. The monoisotopic (exact) mass is 257 g/mol. The summed E-state index contributed by atoms with van der Waals surface area (Å²) in [7, 11) is 1.32. The fourth-order valence-corrected chi connectivity index (χ4v) is 1.50. The molecule has 0 unspecified atom stereocenters. The van der Waals surface area contributed by atoms with E-state index in [2.05, 4.69) is 10.1 Å². The summed E-state index contributed by atoms with van der Waals surface area (Å²) in [5.74, 6) is 0.642. The third-order valence-electron chi connectivity index (χ3n) is 1.98. The van der Waals surface area contributed by atoms with Crippen LogP contribution in [0.2, 0.25) is 5.02 Å². The Morgan fingerprint density at radius 1 is 1.47 bits per heavy atom. The molecular weight excluding hydrogens is 242 g/mol. The van der Waals surface area contributed by atoms with Crippen molar-refractivity contribution in [1.29, 1.82) is 0 Å². The summed E-state index contributed by atoms with van der Waals surface area (Å²) >= 11 is 6.05. The zero-order valence-corrected chi connectivity index (χ0v) is 10.9. The van der Waals surface area contributed by atoms with Gasteiger partial charge in [-0.2, -0.15) is 0 Å². The highest BCUT2D eigenvalue weighted by Gasteiger charge is 2.06. The Labute approximate surface area is 106 Å². The molecule has 0 aromatic heterocycles. The number of ether oxygens (including phenoxy) is 2. The van der Waals surface area contributed by atoms with Gasteiger partial charge in [0.1, 0.15) is 5.75 Å². The maximum Gasteiger partial charge on any atom is 0.407 e. The van der Waals surface area contributed by atoms with Gasteiger partial charge >= 0.3 is 6.09 Å². The summed E-state index contributed by atoms with van der Waals surface area (Å²) in [5, 5.41) is 3.11. The predicted molar refractivity (Wildman–Crippen MR) is 66.5 cm³/mol. The molecule has 0 spiro atoms. The van der Waals surface area contributed by atoms with Crippen LogP contribution in [0.1, 0.15) is 19.4 Å². The van der Waals surface area contributed by atoms with E-state index in [4.69, 9.17) is 16.3 Å². The van der Waals surface area contributed by atoms with Crippen molar-refractivity contribution < 1.29 is 14.3 Å². The van der Waals surface area contributed by atoms with Crippen LogP contribution in [0, 0.1) is 0 Å². The van der Waals surface area contributed by atoms with Gasteiger partial charge in [-0.25, -0.2) is 4.79 Å². The zero-order chi connectivity index (χ0) is 12.8. The molecule has 1 aromatic rings. The van der Waals surface area contributed by atoms with Crippen molar-refractivity contribution in [3.05, 3.63) is 28.8 Å². The molecule has 0 saturated carbocycles. The summed E-state index contributed by atoms with van der Waals surface area (Å²) in [6.07, 6.45) is -0.393. The summed E-state index contributed by atoms with van der Waals surface area (Å²) in [5.41, 5.74) is 0.886. The minimum atomic E-state index is -0.469. The Kier molecular flexibility index (Phi) is 5.10. The van der Waals surface area contributed by atoms with Crippen molar-refractivity contribution >= 4 is 17.7 Å². The molecule has 0 saturated heterocycles. The van der Waals surface area contributed by atoms with E-state index < -0.39 is 6.09 Å². The molecule has 0 aliphatic heterocycles. The maximum atomic E-state index is 10.9. The van der Waals surface area contributed by atoms with E-state index in [0.29, 0.717) is 17.3 Å². The van der Waals surface area contributed by atoms with Crippen molar-refractivity contribution in [3.8, 4) is 5.75 Å². The van der Waals surface area contributed by atoms with Crippen molar-refractivity contribution in [1.82, 2.24) is 5.32 Å². The number of carbonyl (C=O) groups is 1. The molecule has 0 fully saturated rings. The van der Waals surface area contributed by atoms with E-state index >= 15 is 0 Å². The van der Waals surface area contributed by atoms with Gasteiger partial charge in [-0.3, -0.25) is 0 Å². The highest BCUT2D eigenvalue weighted by Crippen LogP contribution is 2.26. The molecule has 1 rings (SSSR count). The van der Waals surface area contributed by atoms with E-state index in [1.165, 1.54) is 7.11 Å². The van der Waals surface area contributed by atoms with Crippen LogP contribution in [0.4, 0.5) is 4.79 Å². The number of amides is 1. The van der Waals surface area contributed by atoms with Crippen LogP contribution in [0.15, 0.2) is 18.2 Å². The second kappa shape index (κ2) is 6.35. The van der Waals surface area contributed by atoms with Gasteiger partial charge in [0.05, 0.1) is 18.2 Å². The summed E-state index contributed by atoms with van der Waals surface area (Å²) in [6.45, 7) is 4.24. The number of alkyl carbamates (subject to hydrolysis) is 1. The lowest BCUT2D eigenvalue weighted by Gasteiger charge is -2.12. The highest BCUT2D eigenvalue weighted by molar-refractivity contribution is 6.32. The number of hydrogen-bond donors (Lipinski definition) is 1. The second-order valence-corrected chi connectivity index (χ2v) is 4.18. The molecule has 4 nitrogen and oxygen atoms in total. The van der Waals surface area contributed by atoms with E-state index in [1.54, 1.807) is 12.1 Å². The van der Waals surface area contributed by atoms with Crippen LogP contribution < -0.4 is 10.1 Å². The van der Waals surface area contributed by atoms with Gasteiger partial charge in [0.15, 0.2) is 0 Å². The van der Waals surface area contributed by atoms with Crippen LogP contribution in [-0.2, 0) is 11.3 Å². The number of rotatable bonds is 4. The first kappa shape index (κ1) is 13.6. The zero-order valence-electron chi connectivity index (χ0n) is 10.1. The predicted octanol–water partition coefficient (Wildman–Crippen LogP) is 2.98. The Morgan fingerprint density at radius 3 is 2.71 bits per heavy atom. The lowest BCUT2D eigenvalue weighted by Crippen LogP contribution is -2.22. The molecule has 0 heterocycles. The lowest BCUT2D eigenvalue weighted by atomic mass is 10.2. The molecule has 94 valence electrons. The normalized spacial score (nSPS) is 10.2. The minimum absolute atomic E-state index is 0.0755. The number of hydrogen-bond acceptors (Lipinski definition) is 3. The van der Waals surface area contributed by atoms with Crippen LogP contribution in [-0.4, -0.2) is 19.3 Å². The number of methoxy groups -OCH3 is 1. The van der Waals surface area contributed by atoms with Gasteiger partial charge in [0.25, 0.3) is 0 Å². The highest BCUT2D eigenvalue weighted by atomic mass is 35.5. The number of nitrogens with one attached hydrogen (secondary N) is 1. The molecule has 0 aliphatic carbocycles. The molecule has 0 radical (unpaired) electrons. The Morgan fingerprint density at radius 2 is 2.18 bits per heavy atom. The van der Waals surface area contributed by atoms with Gasteiger partial charge in [-0.15, -0.1) is 0 Å². The molecular formula is C12H16ClNO3. The molecule has 0 atom stereocenters. The van der Waals surface area contributed by atoms with Crippen molar-refractivity contribution in [2.75, 3.05) is 7.11 Å². The van der Waals surface area contributed by atoms with Gasteiger partial charge in [0, 0.05) is 6.54 Å². The van der Waals surface area contributed by atoms with Crippen LogP contribution in [0.25, 0.3) is 0 Å². The topological polar surface area (TPSA) is 47.6 Å². The second-order valence-electron chi connectivity index (χ2n) is 3.78. The third kappa shape index (κ3) is 4.53. The van der Waals surface area contributed by atoms with Gasteiger partial charge < -0.3 is 14.8 Å². The van der Waals surface area contributed by atoms with Crippen molar-refractivity contribution in [3.63, 3.8) is 0 Å². The Bertz CT molecular complexity index is 393. The largest absolute Gasteiger partial charge is 0.489 e. The van der Waals surface area contributed by atoms with Gasteiger partial charge in [-0.05, 0) is 31.5 Å². The van der Waals surface area contributed by atoms with E-state index in [1.807, 2.05) is 19.9 Å². The smallest absolute Gasteiger partial charge is 0.407 e. The molecule has 5 heteroatoms. The molecule has 0 bridgehead atoms. The Balaban J connectivity index is 2.65. The van der Waals surface area contributed by atoms with Crippen LogP contribution >= 0.6 is 11.6 Å². The average molecular weight is 258 g/mol. The van der Waals surface area contributed by atoms with Gasteiger partial charge in [0.2, 0.25) is 0 Å². The number of carbonyl (C=O) groups excluding carboxylic acids is 1. The average Bonchev–Trinajstić information content (AvgIpc) is 2.28. The minimum Gasteiger partial charge on any atom is -0.489 e. The first-order chi connectivity index (χ1) is 8.02. The first-order valence-electron chi connectivity index (χ1n) is 5.30. The fraction of sp³-hybridized carbons (Fsp3) is 0.417. The van der Waals surface area contributed by atoms with E-state index in [0.717, 1.165) is 5.56 Å². The summed E-state index contributed by atoms with van der Waals surface area (Å²) < 4.78 is 9.97. The number of halogens is 1. The standard InChI is InChI=1S/C12H16ClNO3/c1-8(2)17-11-5-4-9(6-10(11)13)7-14-12(15)16-3/h4-6,8H,7H2,1-3H3,(H,14,15). The third-order valence-corrected chi connectivity index (χ3v) is 2.28. The van der Waals surface area contributed by atoms with E-state index in [-0.39, 0.29) is 6.10 Å². The maximum absolute atomic E-state index is 10.9. The summed E-state index contributed by atoms with van der Waals surface area (Å²) in [4.78, 5) is 10.9. The van der Waals surface area contributed by atoms with Crippen molar-refractivity contribution in [2.45, 2.75) is 26.5 Å². The van der Waals surface area contributed by atoms with E-state index in [9.17, 15) is 4.79 Å². The Hall–Kier alpha value is -1.42.